The van der Waals surface area contributed by atoms with Gasteiger partial charge in [-0.3, -0.25) is 24.2 Å². The normalized spacial score (nSPS) is 26.3. The molecule has 1 fully saturated rings. The first kappa shape index (κ1) is 31.5. The Hall–Kier alpha value is -4.06. The molecular formula is C29H40N6O6. The number of amides is 4. The summed E-state index contributed by atoms with van der Waals surface area (Å²) in [4.78, 5) is 65.1. The van der Waals surface area contributed by atoms with Crippen LogP contribution in [0.4, 0.5) is 0 Å². The van der Waals surface area contributed by atoms with Crippen molar-refractivity contribution < 1.29 is 29.4 Å². The van der Waals surface area contributed by atoms with Crippen LogP contribution in [0, 0.1) is 11.8 Å². The Morgan fingerprint density at radius 2 is 1.76 bits per heavy atom. The van der Waals surface area contributed by atoms with Crippen molar-refractivity contribution in [1.29, 1.82) is 0 Å². The second kappa shape index (κ2) is 13.5. The zero-order chi connectivity index (χ0) is 30.4. The van der Waals surface area contributed by atoms with Crippen molar-refractivity contribution in [3.63, 3.8) is 0 Å². The molecule has 4 N–H and O–H groups in total. The lowest BCUT2D eigenvalue weighted by Gasteiger charge is -2.40. The van der Waals surface area contributed by atoms with Gasteiger partial charge in [-0.1, -0.05) is 26.8 Å². The molecule has 1 aliphatic heterocycles. The van der Waals surface area contributed by atoms with E-state index in [2.05, 4.69) is 20.6 Å². The molecule has 12 heteroatoms. The van der Waals surface area contributed by atoms with E-state index in [1.807, 2.05) is 13.8 Å². The van der Waals surface area contributed by atoms with Crippen molar-refractivity contribution >= 4 is 23.6 Å². The largest absolute Gasteiger partial charge is 0.505 e. The molecule has 0 spiro atoms. The fourth-order valence-electron chi connectivity index (χ4n) is 4.99. The molecule has 0 aromatic carbocycles. The fourth-order valence-corrected chi connectivity index (χ4v) is 4.99. The minimum Gasteiger partial charge on any atom is -0.505 e. The van der Waals surface area contributed by atoms with Crippen LogP contribution in [0.2, 0.25) is 0 Å². The highest BCUT2D eigenvalue weighted by Crippen LogP contribution is 2.22. The molecule has 6 atom stereocenters. The molecular weight excluding hydrogens is 528 g/mol. The SMILES string of the molecule is CC(C)CC1C(=O)N(C)[C@H](C)[C@H](NC(=O)c2ncccc2O)C(=O)N[C@@H](Cc2cccnc2)[C@@H](O)[C@@H](C)C(=O)N1C. The molecule has 1 unspecified atom stereocenters. The number of aromatic nitrogens is 2. The Morgan fingerprint density at radius 3 is 2.37 bits per heavy atom. The number of nitrogens with zero attached hydrogens (tertiary/aromatic N) is 4. The van der Waals surface area contributed by atoms with Crippen LogP contribution in [0.25, 0.3) is 0 Å². The van der Waals surface area contributed by atoms with Gasteiger partial charge >= 0.3 is 0 Å². The quantitative estimate of drug-likeness (QED) is 0.396. The first-order valence-corrected chi connectivity index (χ1v) is 13.7. The number of hydrogen-bond acceptors (Lipinski definition) is 8. The highest BCUT2D eigenvalue weighted by Gasteiger charge is 2.42. The van der Waals surface area contributed by atoms with Gasteiger partial charge in [0.25, 0.3) is 5.91 Å². The molecule has 0 aliphatic carbocycles. The molecule has 41 heavy (non-hydrogen) atoms. The third kappa shape index (κ3) is 7.37. The highest BCUT2D eigenvalue weighted by atomic mass is 16.3. The number of carbonyl (C=O) groups excluding carboxylic acids is 4. The third-order valence-corrected chi connectivity index (χ3v) is 7.63. The molecule has 0 bridgehead atoms. The van der Waals surface area contributed by atoms with Crippen LogP contribution >= 0.6 is 0 Å². The molecule has 0 saturated carbocycles. The monoisotopic (exact) mass is 568 g/mol. The predicted octanol–water partition coefficient (Wildman–Crippen LogP) is 0.739. The Labute approximate surface area is 240 Å². The summed E-state index contributed by atoms with van der Waals surface area (Å²) in [5, 5.41) is 27.0. The van der Waals surface area contributed by atoms with E-state index in [0.717, 1.165) is 0 Å². The number of aliphatic hydroxyl groups excluding tert-OH is 1. The van der Waals surface area contributed by atoms with Crippen molar-refractivity contribution in [3.8, 4) is 5.75 Å². The number of likely N-dealkylation sites (N-methyl/N-ethyl adjacent to an activating group) is 2. The van der Waals surface area contributed by atoms with Gasteiger partial charge in [0.05, 0.1) is 24.1 Å². The summed E-state index contributed by atoms with van der Waals surface area (Å²) >= 11 is 0. The standard InChI is InChI=1S/C29H40N6O6/c1-16(2)13-21-29(41)34(5)18(4)23(33-27(39)24-22(36)10-8-12-31-24)26(38)32-20(14-19-9-7-11-30-15-19)25(37)17(3)28(40)35(21)6/h7-12,15-18,20-21,23,25,36-37H,13-14H2,1-6H3,(H,32,38)(H,33,39)/t17-,18-,20+,21?,23+,25+/m1/s1. The lowest BCUT2D eigenvalue weighted by Crippen LogP contribution is -2.64. The van der Waals surface area contributed by atoms with Gasteiger partial charge in [-0.05, 0) is 49.4 Å². The molecule has 3 heterocycles. The maximum Gasteiger partial charge on any atom is 0.274 e. The van der Waals surface area contributed by atoms with E-state index in [9.17, 15) is 29.4 Å². The Balaban J connectivity index is 2.08. The van der Waals surface area contributed by atoms with Crippen molar-refractivity contribution in [1.82, 2.24) is 30.4 Å². The van der Waals surface area contributed by atoms with Gasteiger partial charge in [0.15, 0.2) is 5.69 Å². The van der Waals surface area contributed by atoms with Crippen LogP contribution in [0.15, 0.2) is 42.9 Å². The zero-order valence-electron chi connectivity index (χ0n) is 24.3. The van der Waals surface area contributed by atoms with E-state index in [0.29, 0.717) is 12.0 Å². The maximum atomic E-state index is 13.8. The maximum absolute atomic E-state index is 13.8. The van der Waals surface area contributed by atoms with Crippen LogP contribution in [0.5, 0.6) is 5.75 Å². The van der Waals surface area contributed by atoms with Crippen molar-refractivity contribution in [2.24, 2.45) is 11.8 Å². The summed E-state index contributed by atoms with van der Waals surface area (Å²) in [5.41, 5.74) is 0.435. The van der Waals surface area contributed by atoms with Crippen LogP contribution in [0.1, 0.15) is 50.2 Å². The number of hydrogen-bond donors (Lipinski definition) is 4. The average molecular weight is 569 g/mol. The minimum absolute atomic E-state index is 0.0558. The average Bonchev–Trinajstić information content (AvgIpc) is 2.95. The van der Waals surface area contributed by atoms with Gasteiger partial charge in [-0.15, -0.1) is 0 Å². The van der Waals surface area contributed by atoms with E-state index in [-0.39, 0.29) is 23.8 Å². The van der Waals surface area contributed by atoms with Gasteiger partial charge in [-0.25, -0.2) is 4.98 Å². The summed E-state index contributed by atoms with van der Waals surface area (Å²) in [6.45, 7) is 7.03. The molecule has 0 radical (unpaired) electrons. The topological polar surface area (TPSA) is 165 Å². The number of aliphatic hydroxyl groups is 1. The minimum atomic E-state index is -1.33. The van der Waals surface area contributed by atoms with Crippen LogP contribution < -0.4 is 10.6 Å². The predicted molar refractivity (Wildman–Crippen MR) is 150 cm³/mol. The van der Waals surface area contributed by atoms with Crippen molar-refractivity contribution in [3.05, 3.63) is 54.1 Å². The van der Waals surface area contributed by atoms with Crippen molar-refractivity contribution in [2.45, 2.75) is 70.8 Å². The second-order valence-electron chi connectivity index (χ2n) is 11.1. The van der Waals surface area contributed by atoms with Gasteiger partial charge in [-0.2, -0.15) is 0 Å². The summed E-state index contributed by atoms with van der Waals surface area (Å²) in [6.07, 6.45) is 3.72. The Kier molecular flexibility index (Phi) is 10.4. The van der Waals surface area contributed by atoms with Crippen molar-refractivity contribution in [2.75, 3.05) is 14.1 Å². The van der Waals surface area contributed by atoms with Crippen LogP contribution in [-0.2, 0) is 20.8 Å². The molecule has 1 saturated heterocycles. The molecule has 1 aliphatic rings. The molecule has 2 aromatic heterocycles. The van der Waals surface area contributed by atoms with E-state index in [1.54, 1.807) is 45.4 Å². The van der Waals surface area contributed by atoms with Crippen LogP contribution in [0.3, 0.4) is 0 Å². The lowest BCUT2D eigenvalue weighted by atomic mass is 9.90. The summed E-state index contributed by atoms with van der Waals surface area (Å²) < 4.78 is 0. The number of carbonyl (C=O) groups is 4. The molecule has 2 aromatic rings. The van der Waals surface area contributed by atoms with E-state index >= 15 is 0 Å². The second-order valence-corrected chi connectivity index (χ2v) is 11.1. The van der Waals surface area contributed by atoms with E-state index in [1.165, 1.54) is 35.2 Å². The lowest BCUT2D eigenvalue weighted by molar-refractivity contribution is -0.151. The smallest absolute Gasteiger partial charge is 0.274 e. The molecule has 4 amide bonds. The van der Waals surface area contributed by atoms with E-state index < -0.39 is 59.8 Å². The van der Waals surface area contributed by atoms with Crippen LogP contribution in [-0.4, -0.2) is 98.0 Å². The summed E-state index contributed by atoms with van der Waals surface area (Å²) in [6, 6.07) is 2.30. The number of aromatic hydroxyl groups is 1. The first-order chi connectivity index (χ1) is 19.3. The summed E-state index contributed by atoms with van der Waals surface area (Å²) in [5.74, 6) is -3.62. The van der Waals surface area contributed by atoms with E-state index in [4.69, 9.17) is 0 Å². The Morgan fingerprint density at radius 1 is 1.07 bits per heavy atom. The number of rotatable bonds is 6. The van der Waals surface area contributed by atoms with Gasteiger partial charge in [0.1, 0.15) is 17.8 Å². The first-order valence-electron chi connectivity index (χ1n) is 13.7. The van der Waals surface area contributed by atoms with Gasteiger partial charge in [0.2, 0.25) is 17.7 Å². The van der Waals surface area contributed by atoms with Gasteiger partial charge in [0, 0.05) is 32.7 Å². The number of nitrogens with one attached hydrogen (secondary N) is 2. The number of pyridine rings is 2. The molecule has 12 nitrogen and oxygen atoms in total. The zero-order valence-corrected chi connectivity index (χ0v) is 24.3. The Bertz CT molecular complexity index is 1240. The van der Waals surface area contributed by atoms with Gasteiger partial charge < -0.3 is 30.6 Å². The molecule has 222 valence electrons. The fraction of sp³-hybridized carbons (Fsp3) is 0.517. The summed E-state index contributed by atoms with van der Waals surface area (Å²) in [7, 11) is 3.05. The third-order valence-electron chi connectivity index (χ3n) is 7.63. The highest BCUT2D eigenvalue weighted by molar-refractivity contribution is 5.98. The molecule has 3 rings (SSSR count).